The van der Waals surface area contributed by atoms with Gasteiger partial charge in [0.2, 0.25) is 5.82 Å². The molecule has 0 fully saturated rings. The maximum atomic E-state index is 5.55. The fourth-order valence-corrected chi connectivity index (χ4v) is 2.76. The number of benzene rings is 2. The number of aromatic nitrogens is 5. The van der Waals surface area contributed by atoms with Crippen molar-refractivity contribution in [1.82, 2.24) is 25.2 Å². The number of fused-ring (bicyclic) bond motifs is 1. The molecule has 2 heterocycles. The van der Waals surface area contributed by atoms with Gasteiger partial charge in [-0.25, -0.2) is 0 Å². The summed E-state index contributed by atoms with van der Waals surface area (Å²) >= 11 is 0. The van der Waals surface area contributed by atoms with E-state index < -0.39 is 0 Å². The highest BCUT2D eigenvalue weighted by molar-refractivity contribution is 5.80. The Labute approximate surface area is 132 Å². The molecule has 0 aliphatic rings. The van der Waals surface area contributed by atoms with Crippen molar-refractivity contribution in [2.75, 3.05) is 7.11 Å². The second-order valence-corrected chi connectivity index (χ2v) is 5.26. The quantitative estimate of drug-likeness (QED) is 0.629. The second kappa shape index (κ2) is 5.57. The van der Waals surface area contributed by atoms with Crippen molar-refractivity contribution < 1.29 is 4.74 Å². The van der Waals surface area contributed by atoms with E-state index in [4.69, 9.17) is 4.74 Å². The van der Waals surface area contributed by atoms with Crippen molar-refractivity contribution in [2.24, 2.45) is 0 Å². The number of methoxy groups -OCH3 is 1. The lowest BCUT2D eigenvalue weighted by Crippen LogP contribution is -2.01. The first-order chi connectivity index (χ1) is 11.3. The number of hydrogen-bond acceptors (Lipinski definition) is 4. The Bertz CT molecular complexity index is 943. The number of nitrogens with zero attached hydrogens (tertiary/aromatic N) is 4. The highest BCUT2D eigenvalue weighted by Gasteiger charge is 2.10. The predicted molar refractivity (Wildman–Crippen MR) is 87.2 cm³/mol. The first-order valence-electron chi connectivity index (χ1n) is 7.30. The number of para-hydroxylation sites is 1. The zero-order valence-electron chi connectivity index (χ0n) is 12.6. The van der Waals surface area contributed by atoms with Gasteiger partial charge < -0.3 is 9.30 Å². The molecule has 0 unspecified atom stereocenters. The summed E-state index contributed by atoms with van der Waals surface area (Å²) in [7, 11) is 1.67. The first kappa shape index (κ1) is 13.5. The Hall–Kier alpha value is -3.15. The fraction of sp³-hybridized carbons (Fsp3) is 0.118. The molecule has 4 aromatic rings. The van der Waals surface area contributed by atoms with Crippen LogP contribution in [0.3, 0.4) is 0 Å². The van der Waals surface area contributed by atoms with Gasteiger partial charge in [0, 0.05) is 22.8 Å². The average Bonchev–Trinajstić information content (AvgIpc) is 3.26. The Morgan fingerprint density at radius 2 is 2.04 bits per heavy atom. The van der Waals surface area contributed by atoms with Gasteiger partial charge in [-0.1, -0.05) is 30.3 Å². The first-order valence-corrected chi connectivity index (χ1v) is 7.30. The monoisotopic (exact) mass is 305 g/mol. The predicted octanol–water partition coefficient (Wildman–Crippen LogP) is 2.88. The molecule has 0 atom stereocenters. The lowest BCUT2D eigenvalue weighted by atomic mass is 10.1. The topological polar surface area (TPSA) is 68.6 Å². The molecule has 1 N–H and O–H groups in total. The van der Waals surface area contributed by atoms with Crippen LogP contribution in [-0.4, -0.2) is 32.3 Å². The summed E-state index contributed by atoms with van der Waals surface area (Å²) in [5.41, 5.74) is 3.18. The van der Waals surface area contributed by atoms with Crippen LogP contribution in [0.4, 0.5) is 0 Å². The van der Waals surface area contributed by atoms with E-state index in [1.54, 1.807) is 7.11 Å². The van der Waals surface area contributed by atoms with Crippen LogP contribution in [0.2, 0.25) is 0 Å². The van der Waals surface area contributed by atoms with Crippen LogP contribution in [0.25, 0.3) is 22.3 Å². The highest BCUT2D eigenvalue weighted by atomic mass is 16.5. The van der Waals surface area contributed by atoms with E-state index in [1.807, 2.05) is 24.3 Å². The molecule has 0 amide bonds. The molecule has 0 saturated carbocycles. The molecule has 0 bridgehead atoms. The normalized spacial score (nSPS) is 11.0. The van der Waals surface area contributed by atoms with Crippen molar-refractivity contribution in [3.05, 3.63) is 60.3 Å². The highest BCUT2D eigenvalue weighted by Crippen LogP contribution is 2.27. The molecule has 0 radical (unpaired) electrons. The smallest absolute Gasteiger partial charge is 0.204 e. The van der Waals surface area contributed by atoms with Crippen LogP contribution in [0, 0.1) is 0 Å². The summed E-state index contributed by atoms with van der Waals surface area (Å²) in [6, 6.07) is 16.4. The minimum Gasteiger partial charge on any atom is -0.496 e. The van der Waals surface area contributed by atoms with Crippen LogP contribution in [0.15, 0.2) is 54.7 Å². The average molecular weight is 305 g/mol. The minimum atomic E-state index is 0.557. The van der Waals surface area contributed by atoms with Crippen molar-refractivity contribution >= 4 is 10.9 Å². The van der Waals surface area contributed by atoms with Gasteiger partial charge in [-0.15, -0.1) is 10.2 Å². The molecule has 23 heavy (non-hydrogen) atoms. The van der Waals surface area contributed by atoms with E-state index in [9.17, 15) is 0 Å². The molecule has 0 spiro atoms. The number of tetrazole rings is 1. The Kier molecular flexibility index (Phi) is 3.27. The standard InChI is InChI=1S/C17H15N5O/c1-23-16-10-13(17-18-20-21-19-17)6-7-14(16)11-22-9-8-12-4-2-3-5-15(12)22/h2-10H,11H2,1H3,(H,18,19,20,21). The van der Waals surface area contributed by atoms with Crippen LogP contribution in [0.1, 0.15) is 5.56 Å². The van der Waals surface area contributed by atoms with Gasteiger partial charge in [-0.05, 0) is 28.8 Å². The summed E-state index contributed by atoms with van der Waals surface area (Å²) in [4.78, 5) is 0. The molecule has 114 valence electrons. The van der Waals surface area contributed by atoms with E-state index in [-0.39, 0.29) is 0 Å². The zero-order valence-corrected chi connectivity index (χ0v) is 12.6. The van der Waals surface area contributed by atoms with Gasteiger partial charge in [0.1, 0.15) is 5.75 Å². The molecule has 0 aliphatic carbocycles. The number of aromatic amines is 1. The van der Waals surface area contributed by atoms with E-state index in [0.29, 0.717) is 5.82 Å². The molecule has 4 rings (SSSR count). The Balaban J connectivity index is 1.71. The summed E-state index contributed by atoms with van der Waals surface area (Å²) in [5, 5.41) is 15.3. The molecule has 0 aliphatic heterocycles. The maximum absolute atomic E-state index is 5.55. The second-order valence-electron chi connectivity index (χ2n) is 5.26. The Morgan fingerprint density at radius 3 is 2.87 bits per heavy atom. The van der Waals surface area contributed by atoms with Gasteiger partial charge in [0.25, 0.3) is 0 Å². The van der Waals surface area contributed by atoms with E-state index >= 15 is 0 Å². The number of H-pyrrole nitrogens is 1. The summed E-state index contributed by atoms with van der Waals surface area (Å²) < 4.78 is 7.75. The van der Waals surface area contributed by atoms with Crippen molar-refractivity contribution in [3.8, 4) is 17.1 Å². The SMILES string of the molecule is COc1cc(-c2nn[nH]n2)ccc1Cn1ccc2ccccc21. The number of rotatable bonds is 4. The maximum Gasteiger partial charge on any atom is 0.204 e. The third-order valence-electron chi connectivity index (χ3n) is 3.91. The van der Waals surface area contributed by atoms with E-state index in [2.05, 4.69) is 55.7 Å². The summed E-state index contributed by atoms with van der Waals surface area (Å²) in [5.74, 6) is 1.37. The van der Waals surface area contributed by atoms with Crippen LogP contribution in [-0.2, 0) is 6.54 Å². The van der Waals surface area contributed by atoms with Gasteiger partial charge in [-0.2, -0.15) is 5.21 Å². The number of nitrogens with one attached hydrogen (secondary N) is 1. The minimum absolute atomic E-state index is 0.557. The molecule has 2 aromatic carbocycles. The molecule has 6 nitrogen and oxygen atoms in total. The van der Waals surface area contributed by atoms with Gasteiger partial charge in [-0.3, -0.25) is 0 Å². The van der Waals surface area contributed by atoms with Crippen molar-refractivity contribution in [3.63, 3.8) is 0 Å². The van der Waals surface area contributed by atoms with Crippen molar-refractivity contribution in [2.45, 2.75) is 6.54 Å². The number of hydrogen-bond donors (Lipinski definition) is 1. The van der Waals surface area contributed by atoms with E-state index in [0.717, 1.165) is 23.4 Å². The molecule has 0 saturated heterocycles. The lowest BCUT2D eigenvalue weighted by molar-refractivity contribution is 0.409. The summed E-state index contributed by atoms with van der Waals surface area (Å²) in [6.07, 6.45) is 2.09. The van der Waals surface area contributed by atoms with Crippen molar-refractivity contribution in [1.29, 1.82) is 0 Å². The molecule has 6 heteroatoms. The summed E-state index contributed by atoms with van der Waals surface area (Å²) in [6.45, 7) is 0.739. The van der Waals surface area contributed by atoms with E-state index in [1.165, 1.54) is 10.9 Å². The van der Waals surface area contributed by atoms with Gasteiger partial charge in [0.15, 0.2) is 0 Å². The third kappa shape index (κ3) is 2.44. The van der Waals surface area contributed by atoms with Gasteiger partial charge in [0.05, 0.1) is 13.7 Å². The van der Waals surface area contributed by atoms with Gasteiger partial charge >= 0.3 is 0 Å². The molecule has 2 aromatic heterocycles. The lowest BCUT2D eigenvalue weighted by Gasteiger charge is -2.11. The molecular formula is C17H15N5O. The fourth-order valence-electron chi connectivity index (χ4n) is 2.76. The molecular weight excluding hydrogens is 290 g/mol. The van der Waals surface area contributed by atoms with Crippen LogP contribution < -0.4 is 4.74 Å². The zero-order chi connectivity index (χ0) is 15.6. The Morgan fingerprint density at radius 1 is 1.13 bits per heavy atom. The largest absolute Gasteiger partial charge is 0.496 e. The van der Waals surface area contributed by atoms with Crippen LogP contribution in [0.5, 0.6) is 5.75 Å². The number of ether oxygens (including phenoxy) is 1. The third-order valence-corrected chi connectivity index (χ3v) is 3.91. The van der Waals surface area contributed by atoms with Crippen LogP contribution >= 0.6 is 0 Å².